The third-order valence-corrected chi connectivity index (χ3v) is 2.19. The van der Waals surface area contributed by atoms with Gasteiger partial charge in [0.15, 0.2) is 0 Å². The molecule has 6 heteroatoms. The summed E-state index contributed by atoms with van der Waals surface area (Å²) in [5.41, 5.74) is 0. The van der Waals surface area contributed by atoms with Crippen LogP contribution in [-0.2, 0) is 9.59 Å². The topological polar surface area (TPSA) is 99.8 Å². The van der Waals surface area contributed by atoms with Gasteiger partial charge >= 0.3 is 5.97 Å². The molecule has 18 heavy (non-hydrogen) atoms. The molecule has 0 fully saturated rings. The Bertz CT molecular complexity index is 449. The second-order valence-electron chi connectivity index (χ2n) is 3.69. The molecule has 0 bridgehead atoms. The van der Waals surface area contributed by atoms with Gasteiger partial charge in [0.2, 0.25) is 5.91 Å². The molecule has 6 nitrogen and oxygen atoms in total. The summed E-state index contributed by atoms with van der Waals surface area (Å²) in [5, 5.41) is 19.7. The molecule has 3 N–H and O–H groups in total. The number of nitrogens with one attached hydrogen (secondary N) is 1. The van der Waals surface area contributed by atoms with E-state index in [1.54, 1.807) is 19.1 Å². The molecule has 1 aromatic heterocycles. The van der Waals surface area contributed by atoms with E-state index in [9.17, 15) is 9.59 Å². The number of furan rings is 1. The number of aliphatic hydroxyl groups is 1. The molecular formula is C12H15NO5. The molecule has 1 atom stereocenters. The van der Waals surface area contributed by atoms with Crippen molar-refractivity contribution in [1.29, 1.82) is 0 Å². The number of carbonyl (C=O) groups is 2. The summed E-state index contributed by atoms with van der Waals surface area (Å²) in [5.74, 6) is -0.500. The zero-order chi connectivity index (χ0) is 13.5. The summed E-state index contributed by atoms with van der Waals surface area (Å²) in [7, 11) is 0. The van der Waals surface area contributed by atoms with Gasteiger partial charge in [-0.15, -0.1) is 0 Å². The largest absolute Gasteiger partial charge is 0.480 e. The Morgan fingerprint density at radius 2 is 2.22 bits per heavy atom. The second kappa shape index (κ2) is 6.61. The molecular weight excluding hydrogens is 238 g/mol. The fraction of sp³-hybridized carbons (Fsp3) is 0.333. The normalized spacial score (nSPS) is 12.6. The van der Waals surface area contributed by atoms with E-state index < -0.39 is 17.9 Å². The highest BCUT2D eigenvalue weighted by Gasteiger charge is 2.17. The summed E-state index contributed by atoms with van der Waals surface area (Å²) in [6, 6.07) is 2.36. The van der Waals surface area contributed by atoms with E-state index in [4.69, 9.17) is 14.6 Å². The van der Waals surface area contributed by atoms with E-state index in [1.165, 1.54) is 12.2 Å². The van der Waals surface area contributed by atoms with Crippen LogP contribution in [0.5, 0.6) is 0 Å². The van der Waals surface area contributed by atoms with Gasteiger partial charge < -0.3 is 19.9 Å². The Kier molecular flexibility index (Phi) is 5.13. The van der Waals surface area contributed by atoms with Crippen LogP contribution < -0.4 is 5.32 Å². The second-order valence-corrected chi connectivity index (χ2v) is 3.69. The van der Waals surface area contributed by atoms with Gasteiger partial charge in [-0.25, -0.2) is 4.79 Å². The van der Waals surface area contributed by atoms with Crippen LogP contribution in [-0.4, -0.2) is 34.7 Å². The molecule has 1 heterocycles. The number of carbonyl (C=O) groups excluding carboxylic acids is 1. The first-order chi connectivity index (χ1) is 8.52. The number of aryl methyl sites for hydroxylation is 1. The zero-order valence-electron chi connectivity index (χ0n) is 9.92. The Labute approximate surface area is 104 Å². The molecule has 98 valence electrons. The highest BCUT2D eigenvalue weighted by molar-refractivity contribution is 5.94. The third kappa shape index (κ3) is 4.42. The molecule has 0 aliphatic carbocycles. The summed E-state index contributed by atoms with van der Waals surface area (Å²) >= 11 is 0. The summed E-state index contributed by atoms with van der Waals surface area (Å²) in [6.07, 6.45) is 2.60. The van der Waals surface area contributed by atoms with Crippen molar-refractivity contribution < 1.29 is 24.2 Å². The quantitative estimate of drug-likeness (QED) is 0.643. The van der Waals surface area contributed by atoms with Crippen molar-refractivity contribution in [3.05, 3.63) is 29.7 Å². The van der Waals surface area contributed by atoms with Gasteiger partial charge in [0, 0.05) is 19.1 Å². The Balaban J connectivity index is 2.54. The minimum atomic E-state index is -1.18. The first-order valence-corrected chi connectivity index (χ1v) is 5.41. The average molecular weight is 253 g/mol. The van der Waals surface area contributed by atoms with E-state index in [0.717, 1.165) is 5.76 Å². The van der Waals surface area contributed by atoms with Crippen LogP contribution in [0.3, 0.4) is 0 Å². The lowest BCUT2D eigenvalue weighted by atomic mass is 10.2. The number of carboxylic acids is 1. The highest BCUT2D eigenvalue weighted by atomic mass is 16.4. The Hall–Kier alpha value is -2.08. The number of amides is 1. The predicted molar refractivity (Wildman–Crippen MR) is 63.7 cm³/mol. The molecule has 1 rings (SSSR count). The van der Waals surface area contributed by atoms with E-state index in [-0.39, 0.29) is 13.0 Å². The molecule has 0 unspecified atom stereocenters. The van der Waals surface area contributed by atoms with Gasteiger partial charge in [-0.2, -0.15) is 0 Å². The number of hydrogen-bond donors (Lipinski definition) is 3. The van der Waals surface area contributed by atoms with Crippen molar-refractivity contribution in [2.45, 2.75) is 19.4 Å². The van der Waals surface area contributed by atoms with Gasteiger partial charge in [0.1, 0.15) is 17.6 Å². The molecule has 0 radical (unpaired) electrons. The third-order valence-electron chi connectivity index (χ3n) is 2.19. The van der Waals surface area contributed by atoms with E-state index in [1.807, 2.05) is 0 Å². The smallest absolute Gasteiger partial charge is 0.326 e. The monoisotopic (exact) mass is 253 g/mol. The number of aliphatic hydroxyl groups excluding tert-OH is 1. The lowest BCUT2D eigenvalue weighted by Gasteiger charge is -2.10. The van der Waals surface area contributed by atoms with Crippen LogP contribution >= 0.6 is 0 Å². The summed E-state index contributed by atoms with van der Waals surface area (Å²) in [4.78, 5) is 22.2. The minimum absolute atomic E-state index is 0.0330. The van der Waals surface area contributed by atoms with Crippen molar-refractivity contribution in [2.75, 3.05) is 6.61 Å². The fourth-order valence-corrected chi connectivity index (χ4v) is 1.31. The molecule has 0 aromatic carbocycles. The van der Waals surface area contributed by atoms with Crippen molar-refractivity contribution in [1.82, 2.24) is 5.32 Å². The first kappa shape index (κ1) is 14.0. The molecule has 0 saturated carbocycles. The van der Waals surface area contributed by atoms with Crippen molar-refractivity contribution in [2.24, 2.45) is 0 Å². The molecule has 1 amide bonds. The maximum Gasteiger partial charge on any atom is 0.326 e. The van der Waals surface area contributed by atoms with Crippen molar-refractivity contribution in [3.8, 4) is 0 Å². The number of rotatable bonds is 6. The molecule has 0 spiro atoms. The SMILES string of the molecule is Cc1ccc(/C=C/C(=O)N[C@@H](CCO)C(=O)O)o1. The first-order valence-electron chi connectivity index (χ1n) is 5.41. The maximum atomic E-state index is 11.4. The molecule has 0 aliphatic rings. The standard InChI is InChI=1S/C12H15NO5/c1-8-2-3-9(18-8)4-5-11(15)13-10(6-7-14)12(16)17/h2-5,10,14H,6-7H2,1H3,(H,13,15)(H,16,17)/b5-4+/t10-/m0/s1. The Morgan fingerprint density at radius 3 is 2.72 bits per heavy atom. The Morgan fingerprint density at radius 1 is 1.50 bits per heavy atom. The molecule has 0 aliphatic heterocycles. The number of carboxylic acid groups (broad SMARTS) is 1. The highest BCUT2D eigenvalue weighted by Crippen LogP contribution is 2.07. The average Bonchev–Trinajstić information content (AvgIpc) is 2.72. The van der Waals surface area contributed by atoms with Gasteiger partial charge in [-0.1, -0.05) is 0 Å². The lowest BCUT2D eigenvalue weighted by Crippen LogP contribution is -2.40. The van der Waals surface area contributed by atoms with Crippen LogP contribution in [0.15, 0.2) is 22.6 Å². The van der Waals surface area contributed by atoms with Gasteiger partial charge in [-0.3, -0.25) is 4.79 Å². The number of hydrogen-bond acceptors (Lipinski definition) is 4. The number of aliphatic carboxylic acids is 1. The van der Waals surface area contributed by atoms with E-state index in [2.05, 4.69) is 5.32 Å². The van der Waals surface area contributed by atoms with Gasteiger partial charge in [-0.05, 0) is 25.1 Å². The van der Waals surface area contributed by atoms with Crippen molar-refractivity contribution >= 4 is 18.0 Å². The molecule has 1 aromatic rings. The summed E-state index contributed by atoms with van der Waals surface area (Å²) < 4.78 is 5.21. The van der Waals surface area contributed by atoms with Crippen LogP contribution in [0.25, 0.3) is 6.08 Å². The minimum Gasteiger partial charge on any atom is -0.480 e. The predicted octanol–water partition coefficient (Wildman–Crippen LogP) is 0.553. The van der Waals surface area contributed by atoms with Crippen LogP contribution in [0, 0.1) is 6.92 Å². The zero-order valence-corrected chi connectivity index (χ0v) is 9.92. The van der Waals surface area contributed by atoms with Crippen molar-refractivity contribution in [3.63, 3.8) is 0 Å². The van der Waals surface area contributed by atoms with E-state index >= 15 is 0 Å². The van der Waals surface area contributed by atoms with Gasteiger partial charge in [0.05, 0.1) is 0 Å². The maximum absolute atomic E-state index is 11.4. The van der Waals surface area contributed by atoms with Crippen LogP contribution in [0.1, 0.15) is 17.9 Å². The summed E-state index contributed by atoms with van der Waals surface area (Å²) in [6.45, 7) is 1.47. The molecule has 0 saturated heterocycles. The van der Waals surface area contributed by atoms with E-state index in [0.29, 0.717) is 5.76 Å². The van der Waals surface area contributed by atoms with Crippen LogP contribution in [0.2, 0.25) is 0 Å². The fourth-order valence-electron chi connectivity index (χ4n) is 1.31. The lowest BCUT2D eigenvalue weighted by molar-refractivity contribution is -0.141. The van der Waals surface area contributed by atoms with Crippen LogP contribution in [0.4, 0.5) is 0 Å². The van der Waals surface area contributed by atoms with Gasteiger partial charge in [0.25, 0.3) is 0 Å².